The molecule has 0 atom stereocenters. The van der Waals surface area contributed by atoms with Crippen molar-refractivity contribution in [3.8, 4) is 11.5 Å². The van der Waals surface area contributed by atoms with Crippen molar-refractivity contribution in [3.05, 3.63) is 126 Å². The van der Waals surface area contributed by atoms with Crippen molar-refractivity contribution in [2.24, 2.45) is 5.10 Å². The smallest absolute Gasteiger partial charge is 0.264 e. The van der Waals surface area contributed by atoms with Gasteiger partial charge in [-0.1, -0.05) is 42.5 Å². The first-order valence-electron chi connectivity index (χ1n) is 14.3. The van der Waals surface area contributed by atoms with Crippen molar-refractivity contribution in [2.45, 2.75) is 23.3 Å². The fraction of sp³-hybridized carbons (Fsp3) is 0.143. The maximum Gasteiger partial charge on any atom is 0.264 e. The van der Waals surface area contributed by atoms with Crippen molar-refractivity contribution < 1.29 is 22.7 Å². The Labute approximate surface area is 267 Å². The number of thioether (sulfide) groups is 1. The van der Waals surface area contributed by atoms with Crippen LogP contribution in [0.1, 0.15) is 18.1 Å². The summed E-state index contributed by atoms with van der Waals surface area (Å²) in [5.41, 5.74) is 4.60. The topological polar surface area (TPSA) is 97.3 Å². The number of ether oxygens (including phenoxy) is 2. The fourth-order valence-electron chi connectivity index (χ4n) is 4.64. The lowest BCUT2D eigenvalue weighted by molar-refractivity contribution is -0.119. The first-order valence-corrected chi connectivity index (χ1v) is 16.9. The number of hydrogen-bond acceptors (Lipinski definition) is 7. The van der Waals surface area contributed by atoms with Gasteiger partial charge >= 0.3 is 0 Å². The standard InChI is InChI=1S/C35H33N3O5S2/c1-3-42-30-17-13-29(14-18-30)38(45(40,41)33-21-19-32(44-2)20-22-33)24-35(39)37-36-23-26-11-15-31(16-12-26)43-25-28-9-6-8-27-7-4-5-10-34(27)28/h4-23H,3,24-25H2,1-2H3,(H,37,39)/b36-23-. The Kier molecular flexibility index (Phi) is 10.4. The van der Waals surface area contributed by atoms with E-state index in [-0.39, 0.29) is 4.90 Å². The van der Waals surface area contributed by atoms with Gasteiger partial charge < -0.3 is 9.47 Å². The van der Waals surface area contributed by atoms with Gasteiger partial charge in [0.25, 0.3) is 15.9 Å². The third kappa shape index (κ3) is 8.03. The lowest BCUT2D eigenvalue weighted by Crippen LogP contribution is -2.39. The van der Waals surface area contributed by atoms with Gasteiger partial charge in [-0.2, -0.15) is 5.10 Å². The van der Waals surface area contributed by atoms with Crippen LogP contribution < -0.4 is 19.2 Å². The predicted molar refractivity (Wildman–Crippen MR) is 181 cm³/mol. The van der Waals surface area contributed by atoms with Gasteiger partial charge in [-0.3, -0.25) is 9.10 Å². The third-order valence-corrected chi connectivity index (χ3v) is 9.46. The number of nitrogens with zero attached hydrogens (tertiary/aromatic N) is 2. The Bertz CT molecular complexity index is 1870. The van der Waals surface area contributed by atoms with Crippen molar-refractivity contribution in [3.63, 3.8) is 0 Å². The average molecular weight is 640 g/mol. The molecule has 230 valence electrons. The van der Waals surface area contributed by atoms with E-state index in [4.69, 9.17) is 9.47 Å². The van der Waals surface area contributed by atoms with Gasteiger partial charge in [0.1, 0.15) is 24.7 Å². The largest absolute Gasteiger partial charge is 0.494 e. The number of hydrazone groups is 1. The molecule has 10 heteroatoms. The SMILES string of the molecule is CCOc1ccc(N(CC(=O)N/N=C\c2ccc(OCc3cccc4ccccc34)cc2)S(=O)(=O)c2ccc(SC)cc2)cc1. The van der Waals surface area contributed by atoms with Crippen LogP contribution in [-0.2, 0) is 21.4 Å². The molecule has 0 fully saturated rings. The molecule has 0 heterocycles. The minimum Gasteiger partial charge on any atom is -0.494 e. The molecule has 1 amide bonds. The van der Waals surface area contributed by atoms with Crippen molar-refractivity contribution in [2.75, 3.05) is 23.7 Å². The molecule has 0 aliphatic rings. The van der Waals surface area contributed by atoms with Crippen LogP contribution in [0.2, 0.25) is 0 Å². The second kappa shape index (κ2) is 14.8. The number of carbonyl (C=O) groups excluding carboxylic acids is 1. The highest BCUT2D eigenvalue weighted by molar-refractivity contribution is 7.98. The lowest BCUT2D eigenvalue weighted by Gasteiger charge is -2.24. The number of benzene rings is 5. The Morgan fingerprint density at radius 2 is 1.51 bits per heavy atom. The average Bonchev–Trinajstić information content (AvgIpc) is 3.07. The summed E-state index contributed by atoms with van der Waals surface area (Å²) in [6.45, 7) is 2.30. The summed E-state index contributed by atoms with van der Waals surface area (Å²) in [5, 5.41) is 6.37. The molecule has 45 heavy (non-hydrogen) atoms. The minimum absolute atomic E-state index is 0.0771. The normalized spacial score (nSPS) is 11.4. The van der Waals surface area contributed by atoms with Crippen LogP contribution in [0.25, 0.3) is 10.8 Å². The Hall–Kier alpha value is -4.80. The van der Waals surface area contributed by atoms with Gasteiger partial charge in [0, 0.05) is 4.90 Å². The maximum atomic E-state index is 13.7. The number of nitrogens with one attached hydrogen (secondary N) is 1. The van der Waals surface area contributed by atoms with Gasteiger partial charge in [0.2, 0.25) is 0 Å². The van der Waals surface area contributed by atoms with Crippen molar-refractivity contribution in [1.82, 2.24) is 5.43 Å². The number of amides is 1. The summed E-state index contributed by atoms with van der Waals surface area (Å²) in [7, 11) is -4.06. The van der Waals surface area contributed by atoms with E-state index in [2.05, 4.69) is 34.8 Å². The van der Waals surface area contributed by atoms with E-state index in [1.807, 2.05) is 55.6 Å². The van der Waals surface area contributed by atoms with Crippen LogP contribution in [0.3, 0.4) is 0 Å². The van der Waals surface area contributed by atoms with Crippen LogP contribution >= 0.6 is 11.8 Å². The van der Waals surface area contributed by atoms with E-state index < -0.39 is 22.5 Å². The van der Waals surface area contributed by atoms with E-state index >= 15 is 0 Å². The third-order valence-electron chi connectivity index (χ3n) is 6.93. The van der Waals surface area contributed by atoms with Crippen LogP contribution in [0.4, 0.5) is 5.69 Å². The molecule has 8 nitrogen and oxygen atoms in total. The predicted octanol–water partition coefficient (Wildman–Crippen LogP) is 6.89. The molecule has 0 unspecified atom stereocenters. The molecular weight excluding hydrogens is 607 g/mol. The fourth-order valence-corrected chi connectivity index (χ4v) is 6.47. The molecule has 0 spiro atoms. The van der Waals surface area contributed by atoms with Crippen LogP contribution in [0.5, 0.6) is 11.5 Å². The van der Waals surface area contributed by atoms with E-state index in [9.17, 15) is 13.2 Å². The Morgan fingerprint density at radius 3 is 2.22 bits per heavy atom. The van der Waals surface area contributed by atoms with E-state index in [1.54, 1.807) is 36.4 Å². The zero-order valence-corrected chi connectivity index (χ0v) is 26.6. The minimum atomic E-state index is -4.06. The molecule has 0 aromatic heterocycles. The summed E-state index contributed by atoms with van der Waals surface area (Å²) >= 11 is 1.51. The van der Waals surface area contributed by atoms with E-state index in [0.29, 0.717) is 30.4 Å². The highest BCUT2D eigenvalue weighted by atomic mass is 32.2. The molecule has 0 bridgehead atoms. The molecule has 5 aromatic carbocycles. The molecule has 0 saturated heterocycles. The molecule has 0 saturated carbocycles. The monoisotopic (exact) mass is 639 g/mol. The molecule has 0 radical (unpaired) electrons. The van der Waals surface area contributed by atoms with Gasteiger partial charge in [-0.05, 0) is 108 Å². The summed E-state index contributed by atoms with van der Waals surface area (Å²) in [6.07, 6.45) is 3.40. The molecule has 1 N–H and O–H groups in total. The summed E-state index contributed by atoms with van der Waals surface area (Å²) in [6, 6.07) is 34.7. The number of anilines is 1. The molecule has 5 rings (SSSR count). The van der Waals surface area contributed by atoms with E-state index in [0.717, 1.165) is 31.1 Å². The summed E-state index contributed by atoms with van der Waals surface area (Å²) in [4.78, 5) is 14.0. The Balaban J connectivity index is 1.24. The van der Waals surface area contributed by atoms with Gasteiger partial charge in [0.15, 0.2) is 0 Å². The van der Waals surface area contributed by atoms with Gasteiger partial charge in [0.05, 0.1) is 23.4 Å². The zero-order valence-electron chi connectivity index (χ0n) is 24.9. The lowest BCUT2D eigenvalue weighted by atomic mass is 10.1. The first kappa shape index (κ1) is 31.6. The van der Waals surface area contributed by atoms with E-state index in [1.165, 1.54) is 30.1 Å². The number of sulfonamides is 1. The molecule has 5 aromatic rings. The highest BCUT2D eigenvalue weighted by Gasteiger charge is 2.27. The van der Waals surface area contributed by atoms with Crippen LogP contribution in [0, 0.1) is 0 Å². The van der Waals surface area contributed by atoms with Gasteiger partial charge in [-0.15, -0.1) is 11.8 Å². The second-order valence-corrected chi connectivity index (χ2v) is 12.6. The Morgan fingerprint density at radius 1 is 0.844 bits per heavy atom. The number of rotatable bonds is 13. The quantitative estimate of drug-likeness (QED) is 0.0857. The number of fused-ring (bicyclic) bond motifs is 1. The molecular formula is C35H33N3O5S2. The van der Waals surface area contributed by atoms with Crippen molar-refractivity contribution in [1.29, 1.82) is 0 Å². The first-order chi connectivity index (χ1) is 21.9. The van der Waals surface area contributed by atoms with Crippen LogP contribution in [0.15, 0.2) is 130 Å². The maximum absolute atomic E-state index is 13.7. The molecule has 0 aliphatic carbocycles. The van der Waals surface area contributed by atoms with Crippen LogP contribution in [-0.4, -0.2) is 39.9 Å². The number of hydrogen-bond donors (Lipinski definition) is 1. The second-order valence-electron chi connectivity index (χ2n) is 9.90. The zero-order chi connectivity index (χ0) is 31.6. The number of carbonyl (C=O) groups is 1. The highest BCUT2D eigenvalue weighted by Crippen LogP contribution is 2.27. The van der Waals surface area contributed by atoms with Gasteiger partial charge in [-0.25, -0.2) is 13.8 Å². The van der Waals surface area contributed by atoms with Crippen molar-refractivity contribution >= 4 is 50.4 Å². The summed E-state index contributed by atoms with van der Waals surface area (Å²) in [5.74, 6) is 0.701. The molecule has 0 aliphatic heterocycles. The summed E-state index contributed by atoms with van der Waals surface area (Å²) < 4.78 is 39.9.